The first kappa shape index (κ1) is 10.7. The van der Waals surface area contributed by atoms with Gasteiger partial charge in [0.05, 0.1) is 6.61 Å². The van der Waals surface area contributed by atoms with Gasteiger partial charge in [-0.1, -0.05) is 6.92 Å². The molecular weight excluding hydrogens is 160 g/mol. The number of hydrogen-bond donors (Lipinski definition) is 2. The molecule has 5 nitrogen and oxygen atoms in total. The molecule has 1 atom stereocenters. The molecule has 70 valence electrons. The third kappa shape index (κ3) is 3.80. The number of hydrogen-bond acceptors (Lipinski definition) is 3. The van der Waals surface area contributed by atoms with Gasteiger partial charge in [-0.3, -0.25) is 0 Å². The molecule has 0 rings (SSSR count). The zero-order chi connectivity index (χ0) is 9.56. The molecule has 0 aromatic heterocycles. The first-order chi connectivity index (χ1) is 5.61. The Morgan fingerprint density at radius 1 is 1.50 bits per heavy atom. The molecule has 0 saturated heterocycles. The fourth-order valence-corrected chi connectivity index (χ4v) is 0.742. The number of urea groups is 1. The van der Waals surface area contributed by atoms with E-state index in [0.717, 1.165) is 0 Å². The molecule has 0 radical (unpaired) electrons. The number of carbonyl (C=O) groups is 2. The summed E-state index contributed by atoms with van der Waals surface area (Å²) in [6.45, 7) is 3.77. The van der Waals surface area contributed by atoms with Crippen molar-refractivity contribution in [1.82, 2.24) is 5.32 Å². The fourth-order valence-electron chi connectivity index (χ4n) is 0.742. The first-order valence-corrected chi connectivity index (χ1v) is 3.84. The van der Waals surface area contributed by atoms with E-state index in [1.807, 2.05) is 0 Å². The quantitative estimate of drug-likeness (QED) is 0.588. The van der Waals surface area contributed by atoms with Crippen LogP contribution in [0.3, 0.4) is 0 Å². The van der Waals surface area contributed by atoms with Crippen molar-refractivity contribution in [2.45, 2.75) is 26.3 Å². The van der Waals surface area contributed by atoms with Gasteiger partial charge in [0.1, 0.15) is 6.04 Å². The number of nitrogens with two attached hydrogens (primary N) is 1. The number of ether oxygens (including phenoxy) is 1. The van der Waals surface area contributed by atoms with Gasteiger partial charge in [0.15, 0.2) is 0 Å². The maximum atomic E-state index is 11.0. The zero-order valence-electron chi connectivity index (χ0n) is 7.29. The number of esters is 1. The molecule has 0 aromatic carbocycles. The van der Waals surface area contributed by atoms with Crippen molar-refractivity contribution >= 4 is 12.0 Å². The highest BCUT2D eigenvalue weighted by Crippen LogP contribution is 1.93. The molecule has 12 heavy (non-hydrogen) atoms. The van der Waals surface area contributed by atoms with E-state index >= 15 is 0 Å². The summed E-state index contributed by atoms with van der Waals surface area (Å²) in [5, 5.41) is 2.28. The second kappa shape index (κ2) is 5.40. The van der Waals surface area contributed by atoms with Crippen LogP contribution in [0.5, 0.6) is 0 Å². The lowest BCUT2D eigenvalue weighted by atomic mass is 10.2. The van der Waals surface area contributed by atoms with Crippen molar-refractivity contribution in [2.24, 2.45) is 5.73 Å². The molecule has 0 aliphatic carbocycles. The molecule has 0 saturated carbocycles. The van der Waals surface area contributed by atoms with E-state index in [1.165, 1.54) is 0 Å². The van der Waals surface area contributed by atoms with E-state index in [1.54, 1.807) is 13.8 Å². The van der Waals surface area contributed by atoms with Gasteiger partial charge in [-0.15, -0.1) is 0 Å². The van der Waals surface area contributed by atoms with E-state index in [0.29, 0.717) is 13.0 Å². The average molecular weight is 174 g/mol. The summed E-state index contributed by atoms with van der Waals surface area (Å²) < 4.78 is 4.69. The van der Waals surface area contributed by atoms with E-state index < -0.39 is 18.0 Å². The molecular formula is C7H14N2O3. The van der Waals surface area contributed by atoms with Gasteiger partial charge in [-0.05, 0) is 13.3 Å². The first-order valence-electron chi connectivity index (χ1n) is 3.84. The summed E-state index contributed by atoms with van der Waals surface area (Å²) in [5.74, 6) is -0.446. The highest BCUT2D eigenvalue weighted by Gasteiger charge is 2.17. The van der Waals surface area contributed by atoms with Crippen molar-refractivity contribution in [3.63, 3.8) is 0 Å². The molecule has 0 aliphatic heterocycles. The van der Waals surface area contributed by atoms with Crippen molar-refractivity contribution in [3.05, 3.63) is 0 Å². The number of amides is 2. The predicted octanol–water partition coefficient (Wildman–Crippen LogP) is -0.00360. The van der Waals surface area contributed by atoms with Crippen LogP contribution < -0.4 is 11.1 Å². The summed E-state index contributed by atoms with van der Waals surface area (Å²) in [7, 11) is 0. The van der Waals surface area contributed by atoms with Gasteiger partial charge in [-0.2, -0.15) is 0 Å². The lowest BCUT2D eigenvalue weighted by molar-refractivity contribution is -0.145. The van der Waals surface area contributed by atoms with Crippen LogP contribution in [-0.2, 0) is 9.53 Å². The molecule has 2 amide bonds. The number of carbonyl (C=O) groups excluding carboxylic acids is 2. The smallest absolute Gasteiger partial charge is 0.328 e. The maximum absolute atomic E-state index is 11.0. The molecule has 0 aliphatic rings. The van der Waals surface area contributed by atoms with Crippen molar-refractivity contribution < 1.29 is 14.3 Å². The lowest BCUT2D eigenvalue weighted by Crippen LogP contribution is -2.44. The van der Waals surface area contributed by atoms with E-state index in [9.17, 15) is 9.59 Å². The molecule has 0 aromatic rings. The standard InChI is InChI=1S/C7H14N2O3/c1-3-5(9-7(8)11)6(10)12-4-2/h5H,3-4H2,1-2H3,(H3,8,9,11). The summed E-state index contributed by atoms with van der Waals surface area (Å²) in [4.78, 5) is 21.4. The van der Waals surface area contributed by atoms with E-state index in [4.69, 9.17) is 5.73 Å². The Bertz CT molecular complexity index is 170. The largest absolute Gasteiger partial charge is 0.464 e. The summed E-state index contributed by atoms with van der Waals surface area (Å²) in [6.07, 6.45) is 0.474. The Hall–Kier alpha value is -1.26. The second-order valence-electron chi connectivity index (χ2n) is 2.22. The highest BCUT2D eigenvalue weighted by molar-refractivity contribution is 5.82. The Morgan fingerprint density at radius 3 is 2.42 bits per heavy atom. The molecule has 0 spiro atoms. The van der Waals surface area contributed by atoms with Crippen LogP contribution in [0.4, 0.5) is 4.79 Å². The van der Waals surface area contributed by atoms with Gasteiger partial charge in [0.25, 0.3) is 0 Å². The SMILES string of the molecule is CCOC(=O)C(CC)NC(N)=O. The highest BCUT2D eigenvalue weighted by atomic mass is 16.5. The van der Waals surface area contributed by atoms with Crippen molar-refractivity contribution in [3.8, 4) is 0 Å². The summed E-state index contributed by atoms with van der Waals surface area (Å²) in [6, 6.07) is -1.34. The number of nitrogens with one attached hydrogen (secondary N) is 1. The Morgan fingerprint density at radius 2 is 2.08 bits per heavy atom. The fraction of sp³-hybridized carbons (Fsp3) is 0.714. The summed E-state index contributed by atoms with van der Waals surface area (Å²) >= 11 is 0. The molecule has 5 heteroatoms. The zero-order valence-corrected chi connectivity index (χ0v) is 7.29. The van der Waals surface area contributed by atoms with Gasteiger partial charge in [0, 0.05) is 0 Å². The molecule has 3 N–H and O–H groups in total. The van der Waals surface area contributed by atoms with Crippen LogP contribution in [0, 0.1) is 0 Å². The molecule has 0 bridgehead atoms. The van der Waals surface area contributed by atoms with Crippen LogP contribution in [0.25, 0.3) is 0 Å². The number of rotatable bonds is 4. The van der Waals surface area contributed by atoms with E-state index in [2.05, 4.69) is 10.1 Å². The lowest BCUT2D eigenvalue weighted by Gasteiger charge is -2.13. The van der Waals surface area contributed by atoms with Gasteiger partial charge < -0.3 is 15.8 Å². The summed E-state index contributed by atoms with van der Waals surface area (Å²) in [5.41, 5.74) is 4.85. The second-order valence-corrected chi connectivity index (χ2v) is 2.22. The van der Waals surface area contributed by atoms with Gasteiger partial charge >= 0.3 is 12.0 Å². The maximum Gasteiger partial charge on any atom is 0.328 e. The van der Waals surface area contributed by atoms with Crippen molar-refractivity contribution in [2.75, 3.05) is 6.61 Å². The molecule has 0 heterocycles. The Kier molecular flexibility index (Phi) is 4.83. The van der Waals surface area contributed by atoms with Gasteiger partial charge in [-0.25, -0.2) is 9.59 Å². The minimum absolute atomic E-state index is 0.301. The third-order valence-electron chi connectivity index (χ3n) is 1.30. The minimum atomic E-state index is -0.713. The molecule has 1 unspecified atom stereocenters. The Labute approximate surface area is 71.3 Å². The van der Waals surface area contributed by atoms with Crippen LogP contribution in [-0.4, -0.2) is 24.6 Å². The van der Waals surface area contributed by atoms with Gasteiger partial charge in [0.2, 0.25) is 0 Å². The average Bonchev–Trinajstić information content (AvgIpc) is 2.00. The number of primary amides is 1. The van der Waals surface area contributed by atoms with Crippen molar-refractivity contribution in [1.29, 1.82) is 0 Å². The van der Waals surface area contributed by atoms with E-state index in [-0.39, 0.29) is 0 Å². The van der Waals surface area contributed by atoms with Crippen LogP contribution in [0.1, 0.15) is 20.3 Å². The molecule has 0 fully saturated rings. The van der Waals surface area contributed by atoms with Crippen LogP contribution in [0.15, 0.2) is 0 Å². The minimum Gasteiger partial charge on any atom is -0.464 e. The monoisotopic (exact) mass is 174 g/mol. The van der Waals surface area contributed by atoms with Crippen LogP contribution in [0.2, 0.25) is 0 Å². The topological polar surface area (TPSA) is 81.4 Å². The normalized spacial score (nSPS) is 11.8. The van der Waals surface area contributed by atoms with Crippen LogP contribution >= 0.6 is 0 Å². The predicted molar refractivity (Wildman–Crippen MR) is 43.4 cm³/mol. The third-order valence-corrected chi connectivity index (χ3v) is 1.30. The Balaban J connectivity index is 3.96.